The van der Waals surface area contributed by atoms with E-state index in [0.29, 0.717) is 28.4 Å². The van der Waals surface area contributed by atoms with Gasteiger partial charge in [-0.05, 0) is 47.0 Å². The Labute approximate surface area is 234 Å². The third-order valence-electron chi connectivity index (χ3n) is 7.83. The van der Waals surface area contributed by atoms with Gasteiger partial charge in [-0.25, -0.2) is 9.89 Å². The number of benzene rings is 1. The summed E-state index contributed by atoms with van der Waals surface area (Å²) in [6.45, 7) is 9.18. The van der Waals surface area contributed by atoms with E-state index in [4.69, 9.17) is 16.0 Å². The Morgan fingerprint density at radius 2 is 1.85 bits per heavy atom. The Hall–Kier alpha value is -4.19. The molecule has 0 fully saturated rings. The number of fused-ring (bicyclic) bond motifs is 1. The molecule has 3 heterocycles. The van der Waals surface area contributed by atoms with Crippen LogP contribution in [-0.2, 0) is 13.1 Å². The van der Waals surface area contributed by atoms with Gasteiger partial charge in [0.25, 0.3) is 16.8 Å². The summed E-state index contributed by atoms with van der Waals surface area (Å²) in [5.74, 6) is 1.23. The van der Waals surface area contributed by atoms with Crippen LogP contribution < -0.4 is 27.2 Å². The van der Waals surface area contributed by atoms with Crippen LogP contribution in [-0.4, -0.2) is 44.1 Å². The molecule has 3 N–H and O–H groups in total. The summed E-state index contributed by atoms with van der Waals surface area (Å²) in [6.07, 6.45) is 0.872. The number of nitrogens with zero attached hydrogens (tertiary/aromatic N) is 4. The van der Waals surface area contributed by atoms with Gasteiger partial charge in [-0.2, -0.15) is 4.68 Å². The van der Waals surface area contributed by atoms with Crippen molar-refractivity contribution in [3.63, 3.8) is 0 Å². The number of rotatable bonds is 11. The number of tetrazole rings is 1. The molecule has 0 saturated heterocycles. The van der Waals surface area contributed by atoms with Gasteiger partial charge in [0, 0.05) is 36.1 Å². The van der Waals surface area contributed by atoms with Gasteiger partial charge in [-0.15, -0.1) is 0 Å². The summed E-state index contributed by atoms with van der Waals surface area (Å²) in [7, 11) is 0. The van der Waals surface area contributed by atoms with E-state index in [2.05, 4.69) is 46.9 Å². The zero-order chi connectivity index (χ0) is 28.8. The number of halogens is 1. The van der Waals surface area contributed by atoms with Gasteiger partial charge in [-0.1, -0.05) is 38.8 Å². The molecule has 13 heteroatoms. The Morgan fingerprint density at radius 1 is 1.10 bits per heavy atom. The SMILES string of the molecule is CCC(C)(C)C(CNc1c(Nc2ccc(Cl)c3c2C(=O)N(CCn2nn[nH]c2=O)C3)c(=O)c1=O)c1ccc(C)o1. The fourth-order valence-corrected chi connectivity index (χ4v) is 5.19. The van der Waals surface area contributed by atoms with Gasteiger partial charge in [0.05, 0.1) is 17.8 Å². The first-order valence-corrected chi connectivity index (χ1v) is 13.4. The molecule has 2 aromatic heterocycles. The smallest absolute Gasteiger partial charge is 0.361 e. The van der Waals surface area contributed by atoms with Crippen LogP contribution in [0.25, 0.3) is 0 Å². The molecular formula is C27H30ClN7O5. The number of carbonyl (C=O) groups is 1. The number of furan rings is 1. The Balaban J connectivity index is 1.37. The maximum absolute atomic E-state index is 13.3. The highest BCUT2D eigenvalue weighted by Crippen LogP contribution is 2.40. The monoisotopic (exact) mass is 567 g/mol. The number of hydrogen-bond acceptors (Lipinski definition) is 9. The van der Waals surface area contributed by atoms with E-state index in [1.807, 2.05) is 19.1 Å². The first-order valence-electron chi connectivity index (χ1n) is 13.0. The molecule has 0 spiro atoms. The number of carbonyl (C=O) groups excluding carboxylic acids is 1. The minimum Gasteiger partial charge on any atom is -0.466 e. The Morgan fingerprint density at radius 3 is 2.50 bits per heavy atom. The fraction of sp³-hybridized carbons (Fsp3) is 0.407. The molecule has 0 bridgehead atoms. The van der Waals surface area contributed by atoms with Crippen molar-refractivity contribution < 1.29 is 9.21 Å². The number of nitrogens with one attached hydrogen (secondary N) is 3. The van der Waals surface area contributed by atoms with Crippen LogP contribution in [0.3, 0.4) is 0 Å². The molecule has 2 aromatic carbocycles. The third kappa shape index (κ3) is 4.83. The molecule has 1 unspecified atom stereocenters. The summed E-state index contributed by atoms with van der Waals surface area (Å²) in [6, 6.07) is 7.09. The van der Waals surface area contributed by atoms with E-state index < -0.39 is 16.5 Å². The van der Waals surface area contributed by atoms with Crippen molar-refractivity contribution in [3.8, 4) is 0 Å². The van der Waals surface area contributed by atoms with Crippen LogP contribution in [0.5, 0.6) is 0 Å². The van der Waals surface area contributed by atoms with Gasteiger partial charge < -0.3 is 20.0 Å². The standard InChI is InChI=1S/C27H30ClN7O5/c1-5-27(3,4)16(19-9-6-14(2)40-19)12-29-21-22(24(37)23(21)36)30-18-8-7-17(28)15-13-34(25(38)20(15)18)10-11-35-26(39)31-32-33-35/h6-9,16,29-30H,5,10-13H2,1-4H3,(H,31,33,39). The maximum atomic E-state index is 13.3. The van der Waals surface area contributed by atoms with Gasteiger partial charge in [0.1, 0.15) is 22.9 Å². The average Bonchev–Trinajstić information content (AvgIpc) is 3.64. The molecule has 0 aliphatic carbocycles. The van der Waals surface area contributed by atoms with Crippen LogP contribution in [0.4, 0.5) is 17.1 Å². The van der Waals surface area contributed by atoms with Crippen molar-refractivity contribution in [3.05, 3.63) is 82.9 Å². The zero-order valence-electron chi connectivity index (χ0n) is 22.6. The lowest BCUT2D eigenvalue weighted by molar-refractivity contribution is 0.0771. The lowest BCUT2D eigenvalue weighted by atomic mass is 9.75. The largest absolute Gasteiger partial charge is 0.466 e. The van der Waals surface area contributed by atoms with Crippen molar-refractivity contribution >= 4 is 34.6 Å². The van der Waals surface area contributed by atoms with E-state index in [-0.39, 0.29) is 48.2 Å². The predicted octanol–water partition coefficient (Wildman–Crippen LogP) is 3.15. The lowest BCUT2D eigenvalue weighted by Crippen LogP contribution is -2.38. The van der Waals surface area contributed by atoms with Gasteiger partial charge >= 0.3 is 5.69 Å². The highest BCUT2D eigenvalue weighted by Gasteiger charge is 2.35. The first kappa shape index (κ1) is 27.4. The number of aryl methyl sites for hydroxylation is 1. The maximum Gasteiger partial charge on any atom is 0.361 e. The average molecular weight is 568 g/mol. The number of H-pyrrole nitrogens is 1. The second kappa shape index (κ2) is 10.4. The Kier molecular flexibility index (Phi) is 7.13. The molecule has 12 nitrogen and oxygen atoms in total. The van der Waals surface area contributed by atoms with Crippen LogP contribution in [0, 0.1) is 12.3 Å². The zero-order valence-corrected chi connectivity index (χ0v) is 23.4. The van der Waals surface area contributed by atoms with Crippen molar-refractivity contribution in [1.29, 1.82) is 0 Å². The topological polar surface area (TPSA) is 155 Å². The Bertz CT molecular complexity index is 1710. The number of amides is 1. The molecule has 0 radical (unpaired) electrons. The molecule has 210 valence electrons. The first-order chi connectivity index (χ1) is 19.0. The summed E-state index contributed by atoms with van der Waals surface area (Å²) in [4.78, 5) is 51.8. The minimum atomic E-state index is -0.668. The number of anilines is 3. The van der Waals surface area contributed by atoms with Crippen molar-refractivity contribution in [2.75, 3.05) is 23.7 Å². The van der Waals surface area contributed by atoms with Crippen LogP contribution >= 0.6 is 11.6 Å². The second-order valence-corrected chi connectivity index (χ2v) is 11.1. The number of aromatic amines is 1. The van der Waals surface area contributed by atoms with E-state index in [1.54, 1.807) is 12.1 Å². The quantitative estimate of drug-likeness (QED) is 0.232. The minimum absolute atomic E-state index is 0.0596. The van der Waals surface area contributed by atoms with E-state index in [9.17, 15) is 19.2 Å². The fourth-order valence-electron chi connectivity index (χ4n) is 4.97. The van der Waals surface area contributed by atoms with Crippen molar-refractivity contribution in [1.82, 2.24) is 25.1 Å². The second-order valence-electron chi connectivity index (χ2n) is 10.7. The van der Waals surface area contributed by atoms with Gasteiger partial charge in [-0.3, -0.25) is 14.4 Å². The van der Waals surface area contributed by atoms with Crippen LogP contribution in [0.15, 0.2) is 43.1 Å². The van der Waals surface area contributed by atoms with E-state index in [0.717, 1.165) is 22.6 Å². The summed E-state index contributed by atoms with van der Waals surface area (Å²) >= 11 is 6.42. The normalized spacial score (nSPS) is 14.1. The number of aromatic nitrogens is 4. The van der Waals surface area contributed by atoms with Crippen LogP contribution in [0.2, 0.25) is 5.02 Å². The molecule has 1 atom stereocenters. The molecule has 4 aromatic rings. The lowest BCUT2D eigenvalue weighted by Gasteiger charge is -2.33. The van der Waals surface area contributed by atoms with Crippen molar-refractivity contribution in [2.45, 2.75) is 53.1 Å². The number of hydrogen-bond donors (Lipinski definition) is 3. The summed E-state index contributed by atoms with van der Waals surface area (Å²) < 4.78 is 7.04. The van der Waals surface area contributed by atoms with E-state index >= 15 is 0 Å². The highest BCUT2D eigenvalue weighted by molar-refractivity contribution is 6.32. The molecule has 0 saturated carbocycles. The summed E-state index contributed by atoms with van der Waals surface area (Å²) in [5.41, 5.74) is -0.372. The van der Waals surface area contributed by atoms with Gasteiger partial charge in [0.15, 0.2) is 0 Å². The molecule has 40 heavy (non-hydrogen) atoms. The molecule has 1 amide bonds. The van der Waals surface area contributed by atoms with Crippen molar-refractivity contribution in [2.24, 2.45) is 5.41 Å². The predicted molar refractivity (Wildman–Crippen MR) is 150 cm³/mol. The van der Waals surface area contributed by atoms with E-state index in [1.165, 1.54) is 4.90 Å². The summed E-state index contributed by atoms with van der Waals surface area (Å²) in [5, 5.41) is 15.9. The van der Waals surface area contributed by atoms with Gasteiger partial charge in [0.2, 0.25) is 0 Å². The highest BCUT2D eigenvalue weighted by atomic mass is 35.5. The molecule has 5 rings (SSSR count). The molecule has 1 aliphatic heterocycles. The van der Waals surface area contributed by atoms with Crippen LogP contribution in [0.1, 0.15) is 60.6 Å². The molecular weight excluding hydrogens is 538 g/mol. The molecule has 1 aliphatic rings. The third-order valence-corrected chi connectivity index (χ3v) is 8.19.